The molecule has 6 rings (SSSR count). The lowest BCUT2D eigenvalue weighted by molar-refractivity contribution is -0.328. The third-order valence-electron chi connectivity index (χ3n) is 6.79. The number of aliphatic hydroxyl groups is 1. The topological polar surface area (TPSA) is 126 Å². The van der Waals surface area contributed by atoms with Crippen molar-refractivity contribution in [3.8, 4) is 23.0 Å². The van der Waals surface area contributed by atoms with Gasteiger partial charge in [0, 0.05) is 17.0 Å². The maximum Gasteiger partial charge on any atom is 0.230 e. The van der Waals surface area contributed by atoms with Gasteiger partial charge in [0.2, 0.25) is 11.2 Å². The Kier molecular flexibility index (Phi) is 3.75. The first-order chi connectivity index (χ1) is 14.1. The number of ether oxygens (including phenoxy) is 3. The highest BCUT2D eigenvalue weighted by atomic mass is 16.6. The largest absolute Gasteiger partial charge is 0.504 e. The number of hydrogen-bond donors (Lipinski definition) is 4. The molecule has 0 aromatic heterocycles. The van der Waals surface area contributed by atoms with Crippen molar-refractivity contribution in [1.29, 1.82) is 0 Å². The molecule has 2 aromatic rings. The zero-order valence-corrected chi connectivity index (χ0v) is 16.7. The molecule has 158 valence electrons. The van der Waals surface area contributed by atoms with Crippen LogP contribution in [0.4, 0.5) is 0 Å². The van der Waals surface area contributed by atoms with Crippen molar-refractivity contribution in [2.24, 2.45) is 0 Å². The number of hydrogen-bond acceptors (Lipinski definition) is 8. The Morgan fingerprint density at radius 3 is 2.47 bits per heavy atom. The molecular formula is C22H22O8. The molecule has 1 saturated heterocycles. The number of methoxy groups -OCH3 is 1. The SMILES string of the molecule is COc1ccc2c(c(=O)c1O)[C@H]1OC(C)(O)[C@@H]2[C@]2(C)OCc3c(ccc(O)c3O)[C@H]12. The van der Waals surface area contributed by atoms with Gasteiger partial charge in [-0.15, -0.1) is 0 Å². The van der Waals surface area contributed by atoms with Crippen LogP contribution in [0.2, 0.25) is 0 Å². The van der Waals surface area contributed by atoms with Crippen LogP contribution in [0.3, 0.4) is 0 Å². The van der Waals surface area contributed by atoms with Gasteiger partial charge in [-0.25, -0.2) is 0 Å². The van der Waals surface area contributed by atoms with Crippen LogP contribution in [0.25, 0.3) is 0 Å². The van der Waals surface area contributed by atoms with E-state index in [1.807, 2.05) is 6.92 Å². The van der Waals surface area contributed by atoms with Crippen LogP contribution < -0.4 is 10.2 Å². The summed E-state index contributed by atoms with van der Waals surface area (Å²) in [4.78, 5) is 13.2. The zero-order chi connectivity index (χ0) is 21.6. The van der Waals surface area contributed by atoms with E-state index in [1.54, 1.807) is 12.1 Å². The Hall–Kier alpha value is -2.81. The molecule has 2 bridgehead atoms. The Balaban J connectivity index is 1.85. The summed E-state index contributed by atoms with van der Waals surface area (Å²) < 4.78 is 17.3. The molecule has 1 fully saturated rings. The van der Waals surface area contributed by atoms with Gasteiger partial charge in [-0.2, -0.15) is 0 Å². The molecule has 0 spiro atoms. The first-order valence-electron chi connectivity index (χ1n) is 9.63. The average Bonchev–Trinajstić information content (AvgIpc) is 2.80. The normalized spacial score (nSPS) is 33.4. The molecule has 5 atom stereocenters. The number of benzene rings is 1. The fraction of sp³-hybridized carbons (Fsp3) is 0.409. The van der Waals surface area contributed by atoms with Crippen LogP contribution in [0.5, 0.6) is 23.0 Å². The molecule has 0 amide bonds. The van der Waals surface area contributed by atoms with Crippen LogP contribution in [-0.4, -0.2) is 38.9 Å². The zero-order valence-electron chi connectivity index (χ0n) is 16.7. The predicted molar refractivity (Wildman–Crippen MR) is 104 cm³/mol. The summed E-state index contributed by atoms with van der Waals surface area (Å²) in [5, 5.41) is 41.9. The second-order valence-electron chi connectivity index (χ2n) is 8.43. The molecule has 8 heteroatoms. The highest BCUT2D eigenvalue weighted by Gasteiger charge is 2.66. The van der Waals surface area contributed by atoms with Crippen LogP contribution in [0.15, 0.2) is 29.1 Å². The molecule has 4 N–H and O–H groups in total. The monoisotopic (exact) mass is 414 g/mol. The van der Waals surface area contributed by atoms with E-state index in [9.17, 15) is 25.2 Å². The quantitative estimate of drug-likeness (QED) is 0.523. The van der Waals surface area contributed by atoms with Crippen molar-refractivity contribution in [2.75, 3.05) is 7.11 Å². The minimum absolute atomic E-state index is 0.0189. The highest BCUT2D eigenvalue weighted by Crippen LogP contribution is 2.66. The third-order valence-corrected chi connectivity index (χ3v) is 6.79. The van der Waals surface area contributed by atoms with Gasteiger partial charge in [0.25, 0.3) is 0 Å². The summed E-state index contributed by atoms with van der Waals surface area (Å²) in [6.45, 7) is 3.39. The number of phenols is 2. The summed E-state index contributed by atoms with van der Waals surface area (Å²) in [5.41, 5.74) is 0.190. The fourth-order valence-corrected chi connectivity index (χ4v) is 5.60. The van der Waals surface area contributed by atoms with E-state index in [-0.39, 0.29) is 29.4 Å². The predicted octanol–water partition coefficient (Wildman–Crippen LogP) is 2.12. The van der Waals surface area contributed by atoms with Gasteiger partial charge in [-0.1, -0.05) is 12.1 Å². The molecular weight excluding hydrogens is 392 g/mol. The van der Waals surface area contributed by atoms with Crippen molar-refractivity contribution >= 4 is 0 Å². The Morgan fingerprint density at radius 2 is 1.77 bits per heavy atom. The molecule has 1 unspecified atom stereocenters. The summed E-state index contributed by atoms with van der Waals surface area (Å²) in [5.74, 6) is -4.04. The van der Waals surface area contributed by atoms with Gasteiger partial charge in [-0.3, -0.25) is 4.79 Å². The third kappa shape index (κ3) is 2.18. The van der Waals surface area contributed by atoms with Gasteiger partial charge in [0.1, 0.15) is 0 Å². The molecule has 1 aliphatic carbocycles. The molecule has 0 radical (unpaired) electrons. The van der Waals surface area contributed by atoms with E-state index in [0.717, 1.165) is 0 Å². The van der Waals surface area contributed by atoms with E-state index in [0.29, 0.717) is 16.7 Å². The molecule has 8 nitrogen and oxygen atoms in total. The fourth-order valence-electron chi connectivity index (χ4n) is 5.60. The lowest BCUT2D eigenvalue weighted by atomic mass is 9.57. The van der Waals surface area contributed by atoms with Crippen LogP contribution in [0, 0.1) is 0 Å². The van der Waals surface area contributed by atoms with Crippen molar-refractivity contribution in [1.82, 2.24) is 0 Å². The van der Waals surface area contributed by atoms with E-state index in [4.69, 9.17) is 14.2 Å². The maximum atomic E-state index is 13.2. The lowest BCUT2D eigenvalue weighted by Crippen LogP contribution is -2.64. The van der Waals surface area contributed by atoms with Crippen molar-refractivity contribution in [3.05, 3.63) is 56.7 Å². The maximum absolute atomic E-state index is 13.2. The summed E-state index contributed by atoms with van der Waals surface area (Å²) in [6.07, 6.45) is -0.955. The number of rotatable bonds is 1. The number of phenolic OH excluding ortho intramolecular Hbond substituents is 2. The smallest absolute Gasteiger partial charge is 0.230 e. The minimum atomic E-state index is -1.64. The van der Waals surface area contributed by atoms with Gasteiger partial charge in [0.15, 0.2) is 23.0 Å². The van der Waals surface area contributed by atoms with Crippen molar-refractivity contribution < 1.29 is 34.6 Å². The van der Waals surface area contributed by atoms with E-state index in [1.165, 1.54) is 26.2 Å². The van der Waals surface area contributed by atoms with Crippen LogP contribution in [0.1, 0.15) is 54.0 Å². The molecule has 3 heterocycles. The Morgan fingerprint density at radius 1 is 1.07 bits per heavy atom. The average molecular weight is 414 g/mol. The van der Waals surface area contributed by atoms with E-state index in [2.05, 4.69) is 0 Å². The summed E-state index contributed by atoms with van der Waals surface area (Å²) in [7, 11) is 1.35. The van der Waals surface area contributed by atoms with Gasteiger partial charge < -0.3 is 34.6 Å². The van der Waals surface area contributed by atoms with Crippen molar-refractivity contribution in [3.63, 3.8) is 0 Å². The number of aromatic hydroxyl groups is 3. The molecule has 0 saturated carbocycles. The van der Waals surface area contributed by atoms with Crippen LogP contribution in [-0.2, 0) is 16.1 Å². The van der Waals surface area contributed by atoms with Gasteiger partial charge in [0.05, 0.1) is 31.3 Å². The molecule has 30 heavy (non-hydrogen) atoms. The first-order valence-corrected chi connectivity index (χ1v) is 9.63. The highest BCUT2D eigenvalue weighted by molar-refractivity contribution is 5.57. The molecule has 3 aliphatic heterocycles. The Labute approximate surface area is 171 Å². The standard InChI is InChI=1S/C22H22O8/c1-21-15(9-4-6-12(23)16(24)11(9)8-29-21)19-14-10(20(21)22(2,27)30-19)5-7-13(28-3)17(25)18(14)26/h4-7,15,19-20,23-24,27H,8H2,1-3H3,(H,25,26)/t15-,19-,20+,21-,22?/m1/s1. The summed E-state index contributed by atoms with van der Waals surface area (Å²) >= 11 is 0. The minimum Gasteiger partial charge on any atom is -0.504 e. The van der Waals surface area contributed by atoms with E-state index < -0.39 is 40.5 Å². The summed E-state index contributed by atoms with van der Waals surface area (Å²) in [6, 6.07) is 6.19. The first kappa shape index (κ1) is 19.2. The number of fused-ring (bicyclic) bond motifs is 2. The molecule has 2 aromatic carbocycles. The molecule has 4 aliphatic rings. The lowest BCUT2D eigenvalue weighted by Gasteiger charge is -2.61. The van der Waals surface area contributed by atoms with Gasteiger partial charge in [-0.05, 0) is 37.1 Å². The second-order valence-corrected chi connectivity index (χ2v) is 8.43. The van der Waals surface area contributed by atoms with Crippen molar-refractivity contribution in [2.45, 2.75) is 49.8 Å². The Bertz CT molecular complexity index is 1140. The second kappa shape index (κ2) is 5.87. The van der Waals surface area contributed by atoms with Gasteiger partial charge >= 0.3 is 0 Å². The van der Waals surface area contributed by atoms with E-state index >= 15 is 0 Å². The van der Waals surface area contributed by atoms with Crippen LogP contribution >= 0.6 is 0 Å².